The Labute approximate surface area is 168 Å². The van der Waals surface area contributed by atoms with Gasteiger partial charge in [0.15, 0.2) is 5.75 Å². The van der Waals surface area contributed by atoms with Crippen LogP contribution in [-0.4, -0.2) is 0 Å². The number of ether oxygens (including phenoxy) is 1. The third kappa shape index (κ3) is 5.15. The van der Waals surface area contributed by atoms with Gasteiger partial charge < -0.3 is 10.1 Å². The van der Waals surface area contributed by atoms with Crippen LogP contribution in [0.3, 0.4) is 0 Å². The van der Waals surface area contributed by atoms with E-state index in [1.54, 1.807) is 12.1 Å². The summed E-state index contributed by atoms with van der Waals surface area (Å²) in [4.78, 5) is 0. The molecule has 2 nitrogen and oxygen atoms in total. The fourth-order valence-electron chi connectivity index (χ4n) is 2.64. The van der Waals surface area contributed by atoms with Gasteiger partial charge in [-0.25, -0.2) is 4.39 Å². The van der Waals surface area contributed by atoms with Crippen LogP contribution in [0, 0.1) is 19.7 Å². The molecule has 1 N–H and O–H groups in total. The maximum atomic E-state index is 13.0. The first-order valence-electron chi connectivity index (χ1n) is 8.58. The molecule has 5 heteroatoms. The normalized spacial score (nSPS) is 10.7. The van der Waals surface area contributed by atoms with E-state index >= 15 is 0 Å². The number of anilines is 1. The van der Waals surface area contributed by atoms with E-state index in [0.29, 0.717) is 22.3 Å². The van der Waals surface area contributed by atoms with Gasteiger partial charge in [0.25, 0.3) is 0 Å². The summed E-state index contributed by atoms with van der Waals surface area (Å²) in [6, 6.07) is 16.0. The minimum Gasteiger partial charge on any atom is -0.486 e. The van der Waals surface area contributed by atoms with Crippen LogP contribution in [0.25, 0.3) is 0 Å². The predicted octanol–water partition coefficient (Wildman–Crippen LogP) is 6.94. The molecular weight excluding hydrogens is 384 g/mol. The second-order valence-electron chi connectivity index (χ2n) is 6.46. The quantitative estimate of drug-likeness (QED) is 0.481. The molecule has 0 aromatic heterocycles. The van der Waals surface area contributed by atoms with Gasteiger partial charge in [0.05, 0.1) is 10.0 Å². The predicted molar refractivity (Wildman–Crippen MR) is 110 cm³/mol. The van der Waals surface area contributed by atoms with Crippen LogP contribution >= 0.6 is 23.2 Å². The summed E-state index contributed by atoms with van der Waals surface area (Å²) in [5, 5.41) is 4.26. The Morgan fingerprint density at radius 1 is 0.852 bits per heavy atom. The Hall–Kier alpha value is -2.23. The third-order valence-electron chi connectivity index (χ3n) is 4.36. The van der Waals surface area contributed by atoms with E-state index in [0.717, 1.165) is 16.8 Å². The van der Waals surface area contributed by atoms with Gasteiger partial charge in [0, 0.05) is 12.2 Å². The Morgan fingerprint density at radius 3 is 2.15 bits per heavy atom. The van der Waals surface area contributed by atoms with E-state index in [9.17, 15) is 4.39 Å². The molecule has 0 radical (unpaired) electrons. The summed E-state index contributed by atoms with van der Waals surface area (Å²) < 4.78 is 18.7. The zero-order chi connectivity index (χ0) is 19.4. The maximum Gasteiger partial charge on any atom is 0.156 e. The van der Waals surface area contributed by atoms with Gasteiger partial charge in [-0.1, -0.05) is 41.4 Å². The molecule has 0 aliphatic rings. The molecule has 140 valence electrons. The average Bonchev–Trinajstić information content (AvgIpc) is 2.63. The number of hydrogen-bond donors (Lipinski definition) is 1. The molecule has 0 bridgehead atoms. The molecule has 0 aliphatic heterocycles. The van der Waals surface area contributed by atoms with Crippen LogP contribution < -0.4 is 10.1 Å². The Morgan fingerprint density at radius 2 is 1.52 bits per heavy atom. The summed E-state index contributed by atoms with van der Waals surface area (Å²) in [5.41, 5.74) is 5.33. The lowest BCUT2D eigenvalue weighted by Crippen LogP contribution is -2.02. The van der Waals surface area contributed by atoms with Gasteiger partial charge in [0.1, 0.15) is 12.4 Å². The molecular formula is C22H20Cl2FNO. The molecule has 3 aromatic carbocycles. The zero-order valence-electron chi connectivity index (χ0n) is 15.2. The molecule has 0 saturated carbocycles. The Bertz CT molecular complexity index is 919. The van der Waals surface area contributed by atoms with Crippen molar-refractivity contribution in [2.45, 2.75) is 27.0 Å². The number of rotatable bonds is 6. The van der Waals surface area contributed by atoms with Gasteiger partial charge >= 0.3 is 0 Å². The van der Waals surface area contributed by atoms with Crippen LogP contribution in [0.1, 0.15) is 22.3 Å². The van der Waals surface area contributed by atoms with Gasteiger partial charge in [-0.2, -0.15) is 0 Å². The first kappa shape index (κ1) is 19.5. The van der Waals surface area contributed by atoms with Crippen molar-refractivity contribution in [3.05, 3.63) is 92.7 Å². The average molecular weight is 404 g/mol. The minimum atomic E-state index is -0.282. The highest BCUT2D eigenvalue weighted by molar-refractivity contribution is 6.37. The smallest absolute Gasteiger partial charge is 0.156 e. The van der Waals surface area contributed by atoms with Gasteiger partial charge in [-0.15, -0.1) is 0 Å². The maximum absolute atomic E-state index is 13.0. The largest absolute Gasteiger partial charge is 0.486 e. The van der Waals surface area contributed by atoms with Crippen LogP contribution in [0.4, 0.5) is 10.1 Å². The van der Waals surface area contributed by atoms with Crippen LogP contribution in [-0.2, 0) is 13.2 Å². The summed E-state index contributed by atoms with van der Waals surface area (Å²) >= 11 is 12.7. The summed E-state index contributed by atoms with van der Waals surface area (Å²) in [6.07, 6.45) is 0. The number of nitrogens with one attached hydrogen (secondary N) is 1. The molecule has 0 fully saturated rings. The number of hydrogen-bond acceptors (Lipinski definition) is 2. The van der Waals surface area contributed by atoms with Crippen molar-refractivity contribution in [3.8, 4) is 5.75 Å². The van der Waals surface area contributed by atoms with E-state index < -0.39 is 0 Å². The van der Waals surface area contributed by atoms with E-state index in [1.165, 1.54) is 23.3 Å². The standard InChI is InChI=1S/C22H20Cl2FNO/c1-14-3-8-19(9-15(14)2)26-12-17-10-20(23)22(21(24)11-17)27-13-16-4-6-18(25)7-5-16/h3-11,26H,12-13H2,1-2H3. The first-order valence-corrected chi connectivity index (χ1v) is 9.34. The fraction of sp³-hybridized carbons (Fsp3) is 0.182. The summed E-state index contributed by atoms with van der Waals surface area (Å²) in [5.74, 6) is 0.146. The van der Waals surface area contributed by atoms with Crippen molar-refractivity contribution >= 4 is 28.9 Å². The SMILES string of the molecule is Cc1ccc(NCc2cc(Cl)c(OCc3ccc(F)cc3)c(Cl)c2)cc1C. The lowest BCUT2D eigenvalue weighted by molar-refractivity contribution is 0.306. The van der Waals surface area contributed by atoms with Crippen molar-refractivity contribution in [2.75, 3.05) is 5.32 Å². The highest BCUT2D eigenvalue weighted by atomic mass is 35.5. The third-order valence-corrected chi connectivity index (χ3v) is 4.92. The lowest BCUT2D eigenvalue weighted by atomic mass is 10.1. The van der Waals surface area contributed by atoms with Crippen LogP contribution in [0.15, 0.2) is 54.6 Å². The molecule has 0 atom stereocenters. The second kappa shape index (κ2) is 8.64. The monoisotopic (exact) mass is 403 g/mol. The molecule has 27 heavy (non-hydrogen) atoms. The van der Waals surface area contributed by atoms with E-state index in [-0.39, 0.29) is 12.4 Å². The Kier molecular flexibility index (Phi) is 6.25. The molecule has 0 spiro atoms. The summed E-state index contributed by atoms with van der Waals surface area (Å²) in [6.45, 7) is 5.03. The number of benzene rings is 3. The van der Waals surface area contributed by atoms with Crippen molar-refractivity contribution in [1.29, 1.82) is 0 Å². The van der Waals surface area contributed by atoms with Crippen molar-refractivity contribution in [2.24, 2.45) is 0 Å². The zero-order valence-corrected chi connectivity index (χ0v) is 16.7. The van der Waals surface area contributed by atoms with Crippen LogP contribution in [0.2, 0.25) is 10.0 Å². The highest BCUT2D eigenvalue weighted by Gasteiger charge is 2.10. The van der Waals surface area contributed by atoms with E-state index in [1.807, 2.05) is 18.2 Å². The highest BCUT2D eigenvalue weighted by Crippen LogP contribution is 2.35. The van der Waals surface area contributed by atoms with Crippen molar-refractivity contribution in [3.63, 3.8) is 0 Å². The van der Waals surface area contributed by atoms with Gasteiger partial charge in [0.2, 0.25) is 0 Å². The molecule has 3 aromatic rings. The van der Waals surface area contributed by atoms with Gasteiger partial charge in [-0.3, -0.25) is 0 Å². The molecule has 0 amide bonds. The number of halogens is 3. The number of aryl methyl sites for hydroxylation is 2. The fourth-order valence-corrected chi connectivity index (χ4v) is 3.29. The Balaban J connectivity index is 1.66. The molecule has 0 aliphatic carbocycles. The van der Waals surface area contributed by atoms with Crippen LogP contribution in [0.5, 0.6) is 5.75 Å². The topological polar surface area (TPSA) is 21.3 Å². The summed E-state index contributed by atoms with van der Waals surface area (Å²) in [7, 11) is 0. The lowest BCUT2D eigenvalue weighted by Gasteiger charge is -2.13. The van der Waals surface area contributed by atoms with Crippen molar-refractivity contribution in [1.82, 2.24) is 0 Å². The van der Waals surface area contributed by atoms with E-state index in [4.69, 9.17) is 27.9 Å². The first-order chi connectivity index (χ1) is 12.9. The molecule has 0 heterocycles. The minimum absolute atomic E-state index is 0.264. The molecule has 3 rings (SSSR count). The van der Waals surface area contributed by atoms with Gasteiger partial charge in [-0.05, 0) is 72.5 Å². The van der Waals surface area contributed by atoms with E-state index in [2.05, 4.69) is 31.3 Å². The molecule has 0 unspecified atom stereocenters. The van der Waals surface area contributed by atoms with Crippen molar-refractivity contribution < 1.29 is 9.13 Å². The molecule has 0 saturated heterocycles. The second-order valence-corrected chi connectivity index (χ2v) is 7.27.